The van der Waals surface area contributed by atoms with Gasteiger partial charge in [-0.05, 0) is 30.2 Å². The first-order chi connectivity index (χ1) is 8.59. The molecule has 0 saturated heterocycles. The van der Waals surface area contributed by atoms with Gasteiger partial charge in [0.1, 0.15) is 6.61 Å². The molecule has 0 amide bonds. The summed E-state index contributed by atoms with van der Waals surface area (Å²) >= 11 is 0. The highest BCUT2D eigenvalue weighted by atomic mass is 16.5. The Hall–Kier alpha value is -1.50. The predicted molar refractivity (Wildman–Crippen MR) is 63.8 cm³/mol. The lowest BCUT2D eigenvalue weighted by Gasteiger charge is -2.26. The Balaban J connectivity index is 2.87. The maximum absolute atomic E-state index is 11.4. The fourth-order valence-electron chi connectivity index (χ4n) is 1.77. The summed E-state index contributed by atoms with van der Waals surface area (Å²) in [5.74, 6) is -0.255. The second-order valence-electron chi connectivity index (χ2n) is 4.18. The number of carboxylic acid groups (broad SMARTS) is 1. The Labute approximate surface area is 106 Å². The number of aliphatic carboxylic acids is 1. The van der Waals surface area contributed by atoms with Gasteiger partial charge < -0.3 is 9.84 Å². The molecule has 18 heavy (non-hydrogen) atoms. The fraction of sp³-hybridized carbons (Fsp3) is 0.818. The molecule has 1 aromatic rings. The molecule has 0 aliphatic rings. The predicted octanol–water partition coefficient (Wildman–Crippen LogP) is 1.10. The van der Waals surface area contributed by atoms with Gasteiger partial charge in [0.05, 0.1) is 12.0 Å². The molecule has 0 unspecified atom stereocenters. The maximum Gasteiger partial charge on any atom is 0.311 e. The van der Waals surface area contributed by atoms with Crippen molar-refractivity contribution >= 4 is 5.97 Å². The SMILES string of the molecule is CCOCc1nnnn1CC(CC)(CC)C(=O)O. The Morgan fingerprint density at radius 2 is 2.06 bits per heavy atom. The van der Waals surface area contributed by atoms with E-state index in [-0.39, 0.29) is 6.54 Å². The Morgan fingerprint density at radius 3 is 2.56 bits per heavy atom. The van der Waals surface area contributed by atoms with Crippen LogP contribution in [0.2, 0.25) is 0 Å². The smallest absolute Gasteiger partial charge is 0.311 e. The number of carbonyl (C=O) groups is 1. The van der Waals surface area contributed by atoms with E-state index < -0.39 is 11.4 Å². The number of hydrogen-bond donors (Lipinski definition) is 1. The van der Waals surface area contributed by atoms with E-state index in [0.29, 0.717) is 31.9 Å². The van der Waals surface area contributed by atoms with Crippen LogP contribution < -0.4 is 0 Å². The zero-order valence-electron chi connectivity index (χ0n) is 11.1. The van der Waals surface area contributed by atoms with E-state index in [1.807, 2.05) is 20.8 Å². The lowest BCUT2D eigenvalue weighted by molar-refractivity contribution is -0.150. The van der Waals surface area contributed by atoms with Crippen molar-refractivity contribution in [2.24, 2.45) is 5.41 Å². The van der Waals surface area contributed by atoms with Gasteiger partial charge in [-0.1, -0.05) is 13.8 Å². The van der Waals surface area contributed by atoms with E-state index in [1.165, 1.54) is 4.68 Å². The number of aromatic nitrogens is 4. The molecular weight excluding hydrogens is 236 g/mol. The van der Waals surface area contributed by atoms with Gasteiger partial charge in [-0.25, -0.2) is 4.68 Å². The molecule has 7 heteroatoms. The number of tetrazole rings is 1. The Morgan fingerprint density at radius 1 is 1.39 bits per heavy atom. The first-order valence-electron chi connectivity index (χ1n) is 6.15. The normalized spacial score (nSPS) is 11.7. The van der Waals surface area contributed by atoms with Crippen LogP contribution in [0.4, 0.5) is 0 Å². The van der Waals surface area contributed by atoms with E-state index in [0.717, 1.165) is 0 Å². The lowest BCUT2D eigenvalue weighted by Crippen LogP contribution is -2.35. The maximum atomic E-state index is 11.4. The highest BCUT2D eigenvalue weighted by Crippen LogP contribution is 2.29. The minimum absolute atomic E-state index is 0.269. The molecule has 0 saturated carbocycles. The monoisotopic (exact) mass is 256 g/mol. The molecule has 0 fully saturated rings. The van der Waals surface area contributed by atoms with Crippen LogP contribution in [-0.2, 0) is 22.7 Å². The average Bonchev–Trinajstić information content (AvgIpc) is 2.80. The molecular formula is C11H20N4O3. The number of rotatable bonds is 8. The van der Waals surface area contributed by atoms with Crippen LogP contribution in [0.25, 0.3) is 0 Å². The van der Waals surface area contributed by atoms with Gasteiger partial charge in [-0.3, -0.25) is 4.79 Å². The van der Waals surface area contributed by atoms with Crippen molar-refractivity contribution in [3.05, 3.63) is 5.82 Å². The molecule has 1 aromatic heterocycles. The van der Waals surface area contributed by atoms with Crippen molar-refractivity contribution in [1.29, 1.82) is 0 Å². The summed E-state index contributed by atoms with van der Waals surface area (Å²) in [5.41, 5.74) is -0.823. The van der Waals surface area contributed by atoms with Crippen LogP contribution >= 0.6 is 0 Å². The second-order valence-corrected chi connectivity index (χ2v) is 4.18. The lowest BCUT2D eigenvalue weighted by atomic mass is 9.82. The first kappa shape index (κ1) is 14.6. The third kappa shape index (κ3) is 3.04. The third-order valence-electron chi connectivity index (χ3n) is 3.30. The highest BCUT2D eigenvalue weighted by Gasteiger charge is 2.36. The van der Waals surface area contributed by atoms with Crippen molar-refractivity contribution < 1.29 is 14.6 Å². The molecule has 1 N–H and O–H groups in total. The molecule has 0 aromatic carbocycles. The van der Waals surface area contributed by atoms with E-state index in [9.17, 15) is 9.90 Å². The van der Waals surface area contributed by atoms with Crippen molar-refractivity contribution in [3.63, 3.8) is 0 Å². The molecule has 0 spiro atoms. The molecule has 0 atom stereocenters. The van der Waals surface area contributed by atoms with Gasteiger partial charge in [0.2, 0.25) is 0 Å². The summed E-state index contributed by atoms with van der Waals surface area (Å²) in [6, 6.07) is 0. The van der Waals surface area contributed by atoms with Gasteiger partial charge >= 0.3 is 5.97 Å². The topological polar surface area (TPSA) is 90.1 Å². The number of nitrogens with zero attached hydrogens (tertiary/aromatic N) is 4. The summed E-state index contributed by atoms with van der Waals surface area (Å²) in [5, 5.41) is 20.6. The number of ether oxygens (including phenoxy) is 1. The second kappa shape index (κ2) is 6.44. The van der Waals surface area contributed by atoms with Crippen molar-refractivity contribution in [2.45, 2.75) is 46.8 Å². The van der Waals surface area contributed by atoms with Gasteiger partial charge in [0, 0.05) is 6.61 Å². The Kier molecular flexibility index (Phi) is 5.21. The summed E-state index contributed by atoms with van der Waals surface area (Å²) in [6.07, 6.45) is 1.07. The fourth-order valence-corrected chi connectivity index (χ4v) is 1.77. The largest absolute Gasteiger partial charge is 0.481 e. The molecule has 102 valence electrons. The zero-order valence-corrected chi connectivity index (χ0v) is 11.1. The van der Waals surface area contributed by atoms with E-state index in [1.54, 1.807) is 0 Å². The standard InChI is InChI=1S/C11H20N4O3/c1-4-11(5-2,10(16)17)8-15-9(7-18-6-3)12-13-14-15/h4-8H2,1-3H3,(H,16,17). The van der Waals surface area contributed by atoms with E-state index in [4.69, 9.17) is 4.74 Å². The minimum Gasteiger partial charge on any atom is -0.481 e. The van der Waals surface area contributed by atoms with Crippen LogP contribution in [0.5, 0.6) is 0 Å². The summed E-state index contributed by atoms with van der Waals surface area (Å²) in [7, 11) is 0. The van der Waals surface area contributed by atoms with Crippen LogP contribution in [0, 0.1) is 5.41 Å². The molecule has 0 aliphatic heterocycles. The molecule has 7 nitrogen and oxygen atoms in total. The molecule has 1 heterocycles. The van der Waals surface area contributed by atoms with Crippen LogP contribution in [0.3, 0.4) is 0 Å². The Bertz CT molecular complexity index is 387. The van der Waals surface area contributed by atoms with Crippen LogP contribution in [-0.4, -0.2) is 37.9 Å². The summed E-state index contributed by atoms with van der Waals surface area (Å²) < 4.78 is 6.77. The van der Waals surface area contributed by atoms with Gasteiger partial charge in [0.15, 0.2) is 5.82 Å². The summed E-state index contributed by atoms with van der Waals surface area (Å²) in [6.45, 7) is 6.75. The van der Waals surface area contributed by atoms with Gasteiger partial charge in [0.25, 0.3) is 0 Å². The van der Waals surface area contributed by atoms with Crippen molar-refractivity contribution in [3.8, 4) is 0 Å². The summed E-state index contributed by atoms with van der Waals surface area (Å²) in [4.78, 5) is 11.4. The minimum atomic E-state index is -0.823. The van der Waals surface area contributed by atoms with Crippen LogP contribution in [0.1, 0.15) is 39.4 Å². The molecule has 0 radical (unpaired) electrons. The third-order valence-corrected chi connectivity index (χ3v) is 3.30. The van der Waals surface area contributed by atoms with Gasteiger partial charge in [-0.15, -0.1) is 5.10 Å². The molecule has 0 bridgehead atoms. The zero-order chi connectivity index (χ0) is 13.6. The van der Waals surface area contributed by atoms with Crippen molar-refractivity contribution in [1.82, 2.24) is 20.2 Å². The number of carboxylic acids is 1. The average molecular weight is 256 g/mol. The highest BCUT2D eigenvalue weighted by molar-refractivity contribution is 5.74. The van der Waals surface area contributed by atoms with Crippen molar-refractivity contribution in [2.75, 3.05) is 6.61 Å². The van der Waals surface area contributed by atoms with Crippen LogP contribution in [0.15, 0.2) is 0 Å². The van der Waals surface area contributed by atoms with E-state index in [2.05, 4.69) is 15.5 Å². The quantitative estimate of drug-likeness (QED) is 0.749. The molecule has 0 aliphatic carbocycles. The van der Waals surface area contributed by atoms with Gasteiger partial charge in [-0.2, -0.15) is 0 Å². The first-order valence-corrected chi connectivity index (χ1v) is 6.15. The number of hydrogen-bond acceptors (Lipinski definition) is 5. The molecule has 1 rings (SSSR count). The van der Waals surface area contributed by atoms with E-state index >= 15 is 0 Å².